The van der Waals surface area contributed by atoms with Crippen molar-refractivity contribution in [2.45, 2.75) is 32.7 Å². The summed E-state index contributed by atoms with van der Waals surface area (Å²) in [5.41, 5.74) is 3.35. The molecule has 0 spiro atoms. The molecule has 0 saturated heterocycles. The predicted octanol–water partition coefficient (Wildman–Crippen LogP) is 3.07. The van der Waals surface area contributed by atoms with E-state index in [1.807, 2.05) is 19.1 Å². The molecule has 1 N–H and O–H groups in total. The first kappa shape index (κ1) is 12.1. The molecule has 1 aliphatic carbocycles. The van der Waals surface area contributed by atoms with Gasteiger partial charge in [-0.3, -0.25) is 4.57 Å². The van der Waals surface area contributed by atoms with Crippen molar-refractivity contribution in [2.24, 2.45) is 0 Å². The molecule has 1 aliphatic rings. The lowest BCUT2D eigenvalue weighted by molar-refractivity contribution is 0.414. The van der Waals surface area contributed by atoms with Gasteiger partial charge in [0.1, 0.15) is 5.75 Å². The van der Waals surface area contributed by atoms with E-state index in [-0.39, 0.29) is 0 Å². The van der Waals surface area contributed by atoms with Crippen LogP contribution in [0.5, 0.6) is 5.75 Å². The van der Waals surface area contributed by atoms with Crippen LogP contribution in [0.4, 0.5) is 5.95 Å². The van der Waals surface area contributed by atoms with Crippen LogP contribution in [0.15, 0.2) is 24.4 Å². The van der Waals surface area contributed by atoms with Gasteiger partial charge < -0.3 is 10.1 Å². The number of ether oxygens (including phenoxy) is 1. The van der Waals surface area contributed by atoms with Crippen LogP contribution in [0.2, 0.25) is 0 Å². The third kappa shape index (κ3) is 2.43. The van der Waals surface area contributed by atoms with Crippen LogP contribution in [0.1, 0.15) is 24.1 Å². The van der Waals surface area contributed by atoms with Crippen LogP contribution < -0.4 is 10.1 Å². The molecule has 0 aliphatic heterocycles. The van der Waals surface area contributed by atoms with Gasteiger partial charge in [0.2, 0.25) is 5.95 Å². The first-order valence-electron chi connectivity index (χ1n) is 6.65. The van der Waals surface area contributed by atoms with Crippen LogP contribution in [-0.4, -0.2) is 22.7 Å². The smallest absolute Gasteiger partial charge is 0.207 e. The Bertz CT molecular complexity index is 599. The fourth-order valence-corrected chi connectivity index (χ4v) is 2.22. The maximum atomic E-state index is 5.26. The van der Waals surface area contributed by atoms with Gasteiger partial charge in [0.05, 0.1) is 18.5 Å². The van der Waals surface area contributed by atoms with Gasteiger partial charge in [-0.15, -0.1) is 0 Å². The Morgan fingerprint density at radius 3 is 2.74 bits per heavy atom. The molecule has 4 nitrogen and oxygen atoms in total. The van der Waals surface area contributed by atoms with Crippen molar-refractivity contribution in [2.75, 3.05) is 12.4 Å². The fraction of sp³-hybridized carbons (Fsp3) is 0.400. The zero-order chi connectivity index (χ0) is 13.4. The van der Waals surface area contributed by atoms with Gasteiger partial charge in [-0.25, -0.2) is 4.98 Å². The van der Waals surface area contributed by atoms with Crippen molar-refractivity contribution in [1.29, 1.82) is 0 Å². The Kier molecular flexibility index (Phi) is 2.93. The zero-order valence-electron chi connectivity index (χ0n) is 11.6. The Hall–Kier alpha value is -1.97. The normalized spacial score (nSPS) is 14.5. The quantitative estimate of drug-likeness (QED) is 0.915. The average Bonchev–Trinajstić information content (AvgIpc) is 3.12. The summed E-state index contributed by atoms with van der Waals surface area (Å²) in [6.07, 6.45) is 4.56. The number of rotatable bonds is 4. The van der Waals surface area contributed by atoms with Crippen LogP contribution in [0.25, 0.3) is 5.69 Å². The minimum Gasteiger partial charge on any atom is -0.497 e. The Balaban J connectivity index is 2.00. The summed E-state index contributed by atoms with van der Waals surface area (Å²) in [6.45, 7) is 4.11. The maximum Gasteiger partial charge on any atom is 0.207 e. The summed E-state index contributed by atoms with van der Waals surface area (Å²) in [4.78, 5) is 4.57. The number of aryl methyl sites for hydroxylation is 2. The van der Waals surface area contributed by atoms with Crippen LogP contribution >= 0.6 is 0 Å². The lowest BCUT2D eigenvalue weighted by atomic mass is 10.2. The molecule has 3 rings (SSSR count). The van der Waals surface area contributed by atoms with E-state index in [2.05, 4.69) is 34.1 Å². The van der Waals surface area contributed by atoms with Crippen molar-refractivity contribution < 1.29 is 4.74 Å². The first-order chi connectivity index (χ1) is 9.17. The number of nitrogens with one attached hydrogen (secondary N) is 1. The minimum absolute atomic E-state index is 0.596. The van der Waals surface area contributed by atoms with Gasteiger partial charge in [0.25, 0.3) is 0 Å². The topological polar surface area (TPSA) is 39.1 Å². The summed E-state index contributed by atoms with van der Waals surface area (Å²) in [7, 11) is 1.69. The van der Waals surface area contributed by atoms with Gasteiger partial charge in [-0.05, 0) is 50.5 Å². The first-order valence-corrected chi connectivity index (χ1v) is 6.65. The fourth-order valence-electron chi connectivity index (χ4n) is 2.22. The largest absolute Gasteiger partial charge is 0.497 e. The number of hydrogen-bond acceptors (Lipinski definition) is 3. The lowest BCUT2D eigenvalue weighted by Gasteiger charge is -2.12. The molecular formula is C15H19N3O. The standard InChI is InChI=1S/C15H19N3O/c1-10-8-13(19-3)6-7-14(10)18-9-11(2)16-15(18)17-12-4-5-12/h6-9,12H,4-5H2,1-3H3,(H,16,17). The number of nitrogens with zero attached hydrogens (tertiary/aromatic N) is 2. The lowest BCUT2D eigenvalue weighted by Crippen LogP contribution is -2.08. The number of anilines is 1. The highest BCUT2D eigenvalue weighted by atomic mass is 16.5. The van der Waals surface area contributed by atoms with Crippen LogP contribution in [0.3, 0.4) is 0 Å². The van der Waals surface area contributed by atoms with E-state index in [1.54, 1.807) is 7.11 Å². The molecule has 0 atom stereocenters. The summed E-state index contributed by atoms with van der Waals surface area (Å²) in [5, 5.41) is 3.48. The zero-order valence-corrected chi connectivity index (χ0v) is 11.6. The van der Waals surface area contributed by atoms with Crippen molar-refractivity contribution in [3.8, 4) is 11.4 Å². The second kappa shape index (κ2) is 4.61. The summed E-state index contributed by atoms with van der Waals surface area (Å²) in [5.74, 6) is 1.82. The van der Waals surface area contributed by atoms with E-state index in [9.17, 15) is 0 Å². The second-order valence-electron chi connectivity index (χ2n) is 5.15. The summed E-state index contributed by atoms with van der Waals surface area (Å²) >= 11 is 0. The van der Waals surface area contributed by atoms with E-state index < -0.39 is 0 Å². The molecule has 0 amide bonds. The second-order valence-corrected chi connectivity index (χ2v) is 5.15. The van der Waals surface area contributed by atoms with Crippen molar-refractivity contribution in [3.05, 3.63) is 35.7 Å². The summed E-state index contributed by atoms with van der Waals surface area (Å²) < 4.78 is 7.38. The van der Waals surface area contributed by atoms with E-state index in [4.69, 9.17) is 4.74 Å². The summed E-state index contributed by atoms with van der Waals surface area (Å²) in [6, 6.07) is 6.71. The minimum atomic E-state index is 0.596. The SMILES string of the molecule is COc1ccc(-n2cc(C)nc2NC2CC2)c(C)c1. The van der Waals surface area contributed by atoms with E-state index in [0.717, 1.165) is 23.1 Å². The van der Waals surface area contributed by atoms with Gasteiger partial charge in [-0.2, -0.15) is 0 Å². The number of hydrogen-bond donors (Lipinski definition) is 1. The molecule has 19 heavy (non-hydrogen) atoms. The molecule has 1 saturated carbocycles. The molecule has 4 heteroatoms. The third-order valence-electron chi connectivity index (χ3n) is 3.40. The molecule has 1 fully saturated rings. The average molecular weight is 257 g/mol. The van der Waals surface area contributed by atoms with Crippen molar-refractivity contribution in [3.63, 3.8) is 0 Å². The highest BCUT2D eigenvalue weighted by molar-refractivity contribution is 5.51. The number of aromatic nitrogens is 2. The Labute approximate surface area is 113 Å². The highest BCUT2D eigenvalue weighted by Crippen LogP contribution is 2.28. The molecule has 1 aromatic carbocycles. The molecule has 0 bridgehead atoms. The number of benzene rings is 1. The molecule has 100 valence electrons. The maximum absolute atomic E-state index is 5.26. The molecule has 0 unspecified atom stereocenters. The van der Waals surface area contributed by atoms with Gasteiger partial charge >= 0.3 is 0 Å². The highest BCUT2D eigenvalue weighted by Gasteiger charge is 2.23. The number of imidazole rings is 1. The Morgan fingerprint density at radius 2 is 2.11 bits per heavy atom. The van der Waals surface area contributed by atoms with Gasteiger partial charge in [0.15, 0.2) is 0 Å². The monoisotopic (exact) mass is 257 g/mol. The van der Waals surface area contributed by atoms with Crippen molar-refractivity contribution >= 4 is 5.95 Å². The van der Waals surface area contributed by atoms with E-state index in [0.29, 0.717) is 6.04 Å². The van der Waals surface area contributed by atoms with Gasteiger partial charge in [-0.1, -0.05) is 0 Å². The molecule has 2 aromatic rings. The van der Waals surface area contributed by atoms with Crippen LogP contribution in [-0.2, 0) is 0 Å². The predicted molar refractivity (Wildman–Crippen MR) is 76.2 cm³/mol. The van der Waals surface area contributed by atoms with Gasteiger partial charge in [0, 0.05) is 12.2 Å². The molecule has 1 aromatic heterocycles. The molecule has 0 radical (unpaired) electrons. The van der Waals surface area contributed by atoms with E-state index in [1.165, 1.54) is 18.4 Å². The molecular weight excluding hydrogens is 238 g/mol. The Morgan fingerprint density at radius 1 is 1.32 bits per heavy atom. The van der Waals surface area contributed by atoms with Crippen LogP contribution in [0, 0.1) is 13.8 Å². The molecule has 1 heterocycles. The van der Waals surface area contributed by atoms with E-state index >= 15 is 0 Å². The van der Waals surface area contributed by atoms with Crippen molar-refractivity contribution in [1.82, 2.24) is 9.55 Å². The third-order valence-corrected chi connectivity index (χ3v) is 3.40. The number of methoxy groups -OCH3 is 1.